The molecule has 332 valence electrons. The lowest BCUT2D eigenvalue weighted by Crippen LogP contribution is -2.60. The summed E-state index contributed by atoms with van der Waals surface area (Å²) in [5.74, 6) is -5.89. The minimum Gasteiger partial charge on any atom is -0.459 e. The number of carbonyl (C=O) groups is 3. The number of carbonyl (C=O) groups excluding carboxylic acids is 3. The minimum atomic E-state index is -3.27. The second kappa shape index (κ2) is 19.7. The number of aliphatic hydroxyl groups excluding tert-OH is 2. The van der Waals surface area contributed by atoms with Gasteiger partial charge < -0.3 is 39.2 Å². The number of benzene rings is 1. The van der Waals surface area contributed by atoms with E-state index in [1.54, 1.807) is 56.6 Å². The van der Waals surface area contributed by atoms with Crippen LogP contribution in [0.2, 0.25) is 0 Å². The van der Waals surface area contributed by atoms with Crippen molar-refractivity contribution in [1.29, 1.82) is 0 Å². The van der Waals surface area contributed by atoms with Gasteiger partial charge in [0.2, 0.25) is 0 Å². The van der Waals surface area contributed by atoms with Crippen LogP contribution in [0.1, 0.15) is 85.9 Å². The first-order valence-electron chi connectivity index (χ1n) is 20.6. The predicted molar refractivity (Wildman–Crippen MR) is 217 cm³/mol. The number of likely N-dealkylation sites (N-methyl/N-ethyl adjacent to an activating group) is 1. The van der Waals surface area contributed by atoms with E-state index in [1.165, 1.54) is 34.1 Å². The molecule has 0 radical (unpaired) electrons. The highest BCUT2D eigenvalue weighted by molar-refractivity contribution is 7.90. The number of methoxy groups -OCH3 is 1. The third-order valence-corrected chi connectivity index (χ3v) is 13.6. The molecule has 0 amide bonds. The highest BCUT2D eigenvalue weighted by Crippen LogP contribution is 2.38. The molecule has 0 spiro atoms. The van der Waals surface area contributed by atoms with Gasteiger partial charge in [0.25, 0.3) is 0 Å². The third kappa shape index (κ3) is 11.4. The summed E-state index contributed by atoms with van der Waals surface area (Å²) in [6, 6.07) is 6.34. The minimum absolute atomic E-state index is 0.0394. The van der Waals surface area contributed by atoms with E-state index in [2.05, 4.69) is 10.3 Å². The zero-order chi connectivity index (χ0) is 44.2. The van der Waals surface area contributed by atoms with Gasteiger partial charge in [-0.15, -0.1) is 5.10 Å². The summed E-state index contributed by atoms with van der Waals surface area (Å²) < 4.78 is 49.9. The van der Waals surface area contributed by atoms with E-state index in [-0.39, 0.29) is 29.6 Å². The molecule has 0 unspecified atom stereocenters. The van der Waals surface area contributed by atoms with E-state index in [9.17, 15) is 38.1 Å². The lowest BCUT2D eigenvalue weighted by atomic mass is 9.74. The summed E-state index contributed by atoms with van der Waals surface area (Å²) >= 11 is 0. The zero-order valence-electron chi connectivity index (χ0n) is 36.4. The van der Waals surface area contributed by atoms with Gasteiger partial charge in [-0.25, -0.2) is 8.42 Å². The number of hydrogen-bond donors (Lipinski definition) is 3. The van der Waals surface area contributed by atoms with Crippen molar-refractivity contribution in [3.05, 3.63) is 41.7 Å². The van der Waals surface area contributed by atoms with Gasteiger partial charge in [-0.2, -0.15) is 0 Å². The predicted octanol–water partition coefficient (Wildman–Crippen LogP) is 2.57. The zero-order valence-corrected chi connectivity index (χ0v) is 37.2. The Labute approximate surface area is 348 Å². The Hall–Kier alpha value is -3.16. The Morgan fingerprint density at radius 2 is 1.64 bits per heavy atom. The van der Waals surface area contributed by atoms with Crippen LogP contribution >= 0.6 is 0 Å². The van der Waals surface area contributed by atoms with Crippen molar-refractivity contribution < 1.29 is 57.1 Å². The first-order chi connectivity index (χ1) is 27.4. The van der Waals surface area contributed by atoms with Gasteiger partial charge in [-0.1, -0.05) is 45.0 Å². The molecule has 0 aliphatic carbocycles. The first kappa shape index (κ1) is 48.5. The van der Waals surface area contributed by atoms with Gasteiger partial charge in [0.1, 0.15) is 29.5 Å². The van der Waals surface area contributed by atoms with E-state index in [4.69, 9.17) is 18.9 Å². The number of aliphatic hydroxyl groups is 3. The molecule has 17 heteroatoms. The monoisotopic (exact) mass is 850 g/mol. The number of Topliss-reactive ketones (excluding diaryl/α,β-unsaturated/α-hetero) is 2. The molecule has 2 aliphatic heterocycles. The summed E-state index contributed by atoms with van der Waals surface area (Å²) in [5, 5.41) is 43.1. The summed E-state index contributed by atoms with van der Waals surface area (Å²) in [6.07, 6.45) is -1.84. The van der Waals surface area contributed by atoms with Crippen LogP contribution in [-0.4, -0.2) is 142 Å². The number of cyclic esters (lactones) is 1. The fraction of sp³-hybridized carbons (Fsp3) is 0.738. The average molecular weight is 851 g/mol. The Balaban J connectivity index is 1.51. The number of sulfone groups is 1. The van der Waals surface area contributed by atoms with Crippen molar-refractivity contribution in [2.75, 3.05) is 27.0 Å². The Morgan fingerprint density at radius 3 is 2.24 bits per heavy atom. The van der Waals surface area contributed by atoms with Gasteiger partial charge in [0.15, 0.2) is 21.9 Å². The van der Waals surface area contributed by atoms with Crippen LogP contribution in [0.25, 0.3) is 0 Å². The fourth-order valence-corrected chi connectivity index (χ4v) is 9.15. The fourth-order valence-electron chi connectivity index (χ4n) is 8.52. The molecule has 2 aromatic rings. The molecule has 13 atom stereocenters. The van der Waals surface area contributed by atoms with Crippen LogP contribution < -0.4 is 0 Å². The number of ketones is 2. The van der Waals surface area contributed by atoms with Crippen molar-refractivity contribution in [2.45, 2.75) is 153 Å². The topological polar surface area (TPSA) is 217 Å². The summed E-state index contributed by atoms with van der Waals surface area (Å²) in [5.41, 5.74) is -1.61. The maximum absolute atomic E-state index is 14.1. The number of hydrogen-bond acceptors (Lipinski definition) is 15. The Morgan fingerprint density at radius 1 is 1.00 bits per heavy atom. The first-order valence-corrected chi connectivity index (χ1v) is 22.4. The van der Waals surface area contributed by atoms with Crippen molar-refractivity contribution in [3.8, 4) is 0 Å². The maximum Gasteiger partial charge on any atom is 0.316 e. The molecule has 2 saturated heterocycles. The number of nitrogens with zero attached hydrogens (tertiary/aromatic N) is 4. The van der Waals surface area contributed by atoms with E-state index >= 15 is 0 Å². The molecule has 2 aliphatic rings. The molecule has 1 aromatic carbocycles. The van der Waals surface area contributed by atoms with Crippen molar-refractivity contribution in [3.63, 3.8) is 0 Å². The maximum atomic E-state index is 14.1. The van der Waals surface area contributed by atoms with Gasteiger partial charge in [-0.3, -0.25) is 19.1 Å². The van der Waals surface area contributed by atoms with Gasteiger partial charge >= 0.3 is 5.97 Å². The standard InChI is InChI=1S/C42H66N4O12S/c1-12-33-42(8,52)37(50)26(4)34(47)24(2)22-41(7,55-10)38(27(5)35(48)28(6)39(51)57-33)58-40-36(49)32(21-25(3)56-40)45(9)19-18-30-23-46(44-43-30)20-17-29-13-15-31(16-14-29)59(11,53)54/h13-16,23-28,32-33,36-38,40,49-50,52H,12,17-22H2,1-11H3/t24-,25-,26+,27+,28-,32+,33-,36-,37-,38-,40+,41-,42-/m1/s1. The SMILES string of the molecule is CC[C@H]1OC(=O)[C@H](C)C(=O)[C@H](C)[C@@H](O[C@@H]2O[C@H](C)C[C@H](N(C)CCc3cn(CCc4ccc(S(C)(=O)=O)cc4)nn3)[C@H]2O)[C@](C)(OC)C[C@@H](C)C(=O)[C@H](C)[C@@H](O)[C@]1(C)O. The molecule has 3 N–H and O–H groups in total. The highest BCUT2D eigenvalue weighted by Gasteiger charge is 2.52. The van der Waals surface area contributed by atoms with Crippen LogP contribution in [0.5, 0.6) is 0 Å². The quantitative estimate of drug-likeness (QED) is 0.207. The van der Waals surface area contributed by atoms with Crippen LogP contribution in [0, 0.1) is 23.7 Å². The van der Waals surface area contributed by atoms with Crippen LogP contribution in [-0.2, 0) is 62.6 Å². The van der Waals surface area contributed by atoms with Crippen LogP contribution in [0.3, 0.4) is 0 Å². The van der Waals surface area contributed by atoms with E-state index in [0.29, 0.717) is 32.4 Å². The summed E-state index contributed by atoms with van der Waals surface area (Å²) in [4.78, 5) is 43.7. The van der Waals surface area contributed by atoms with Gasteiger partial charge in [0.05, 0.1) is 34.5 Å². The van der Waals surface area contributed by atoms with E-state index < -0.39 is 93.2 Å². The molecule has 3 heterocycles. The highest BCUT2D eigenvalue weighted by atomic mass is 32.2. The summed E-state index contributed by atoms with van der Waals surface area (Å²) in [7, 11) is 0.0525. The van der Waals surface area contributed by atoms with E-state index in [0.717, 1.165) is 11.3 Å². The molecule has 16 nitrogen and oxygen atoms in total. The second-order valence-electron chi connectivity index (χ2n) is 17.3. The Bertz CT molecular complexity index is 1850. The second-order valence-corrected chi connectivity index (χ2v) is 19.3. The number of aromatic nitrogens is 3. The average Bonchev–Trinajstić information content (AvgIpc) is 3.66. The largest absolute Gasteiger partial charge is 0.459 e. The Kier molecular flexibility index (Phi) is 16.2. The van der Waals surface area contributed by atoms with Crippen molar-refractivity contribution in [1.82, 2.24) is 19.9 Å². The third-order valence-electron chi connectivity index (χ3n) is 12.5. The smallest absolute Gasteiger partial charge is 0.316 e. The molecule has 2 fully saturated rings. The number of rotatable bonds is 12. The number of esters is 1. The molecule has 1 aromatic heterocycles. The number of ether oxygens (including phenoxy) is 4. The van der Waals surface area contributed by atoms with Crippen molar-refractivity contribution in [2.24, 2.45) is 23.7 Å². The lowest BCUT2D eigenvalue weighted by Gasteiger charge is -2.47. The van der Waals surface area contributed by atoms with Gasteiger partial charge in [0, 0.05) is 62.9 Å². The summed E-state index contributed by atoms with van der Waals surface area (Å²) in [6.45, 7) is 13.8. The number of aryl methyl sites for hydroxylation is 2. The van der Waals surface area contributed by atoms with Crippen LogP contribution in [0.15, 0.2) is 35.4 Å². The van der Waals surface area contributed by atoms with E-state index in [1.807, 2.05) is 25.1 Å². The normalized spacial score (nSPS) is 35.7. The molecular formula is C42H66N4O12S. The van der Waals surface area contributed by atoms with Crippen LogP contribution in [0.4, 0.5) is 0 Å². The van der Waals surface area contributed by atoms with Gasteiger partial charge in [-0.05, 0) is 78.1 Å². The molecule has 0 saturated carbocycles. The molecular weight excluding hydrogens is 785 g/mol. The molecule has 4 rings (SSSR count). The molecule has 0 bridgehead atoms. The lowest BCUT2D eigenvalue weighted by molar-refractivity contribution is -0.296. The molecule has 59 heavy (non-hydrogen) atoms. The van der Waals surface area contributed by atoms with Crippen molar-refractivity contribution >= 4 is 27.4 Å².